The van der Waals surface area contributed by atoms with Gasteiger partial charge in [-0.1, -0.05) is 6.92 Å². The van der Waals surface area contributed by atoms with Gasteiger partial charge in [0.2, 0.25) is 0 Å². The Labute approximate surface area is 85.1 Å². The van der Waals surface area contributed by atoms with E-state index in [2.05, 4.69) is 0 Å². The van der Waals surface area contributed by atoms with Crippen LogP contribution in [-0.4, -0.2) is 34.6 Å². The van der Waals surface area contributed by atoms with Gasteiger partial charge in [0.1, 0.15) is 6.04 Å². The van der Waals surface area contributed by atoms with E-state index >= 15 is 0 Å². The number of hydrogen-bond acceptors (Lipinski definition) is 3. The van der Waals surface area contributed by atoms with Crippen LogP contribution in [0.5, 0.6) is 0 Å². The molecule has 0 radical (unpaired) electrons. The molecular formula is C10H18N2O2. The van der Waals surface area contributed by atoms with Crippen molar-refractivity contribution in [1.82, 2.24) is 4.90 Å². The zero-order valence-electron chi connectivity index (χ0n) is 9.03. The van der Waals surface area contributed by atoms with Crippen LogP contribution in [0.4, 0.5) is 0 Å². The fourth-order valence-corrected chi connectivity index (χ4v) is 1.50. The maximum atomic E-state index is 10.9. The number of rotatable bonds is 6. The van der Waals surface area contributed by atoms with E-state index in [1.54, 1.807) is 0 Å². The van der Waals surface area contributed by atoms with Crippen molar-refractivity contribution >= 4 is 5.97 Å². The third-order valence-corrected chi connectivity index (χ3v) is 2.22. The molecule has 0 aliphatic rings. The number of hydrogen-bond donors (Lipinski definition) is 1. The molecule has 0 aromatic heterocycles. The highest BCUT2D eigenvalue weighted by molar-refractivity contribution is 5.73. The summed E-state index contributed by atoms with van der Waals surface area (Å²) in [6.45, 7) is 6.27. The zero-order chi connectivity index (χ0) is 11.1. The largest absolute Gasteiger partial charge is 0.480 e. The van der Waals surface area contributed by atoms with Crippen LogP contribution in [0.1, 0.15) is 33.6 Å². The fourth-order valence-electron chi connectivity index (χ4n) is 1.50. The Hall–Kier alpha value is -1.08. The van der Waals surface area contributed by atoms with Crippen molar-refractivity contribution in [2.24, 2.45) is 0 Å². The molecule has 0 heterocycles. The molecule has 0 aliphatic heterocycles. The molecule has 0 bridgehead atoms. The molecular weight excluding hydrogens is 180 g/mol. The van der Waals surface area contributed by atoms with Gasteiger partial charge in [-0.3, -0.25) is 9.69 Å². The predicted octanol–water partition coefficient (Wildman–Crippen LogP) is 1.47. The molecule has 0 saturated carbocycles. The van der Waals surface area contributed by atoms with Gasteiger partial charge in [0, 0.05) is 19.0 Å². The molecule has 0 amide bonds. The van der Waals surface area contributed by atoms with Crippen LogP contribution in [0.2, 0.25) is 0 Å². The first-order valence-electron chi connectivity index (χ1n) is 4.90. The van der Waals surface area contributed by atoms with Crippen molar-refractivity contribution in [1.29, 1.82) is 5.26 Å². The van der Waals surface area contributed by atoms with Crippen molar-refractivity contribution in [3.05, 3.63) is 0 Å². The van der Waals surface area contributed by atoms with Crippen LogP contribution < -0.4 is 0 Å². The van der Waals surface area contributed by atoms with Gasteiger partial charge in [-0.15, -0.1) is 0 Å². The van der Waals surface area contributed by atoms with Gasteiger partial charge < -0.3 is 5.11 Å². The van der Waals surface area contributed by atoms with E-state index in [0.29, 0.717) is 19.4 Å². The molecule has 0 fully saturated rings. The highest BCUT2D eigenvalue weighted by Gasteiger charge is 2.25. The number of carboxylic acids is 1. The Bertz CT molecular complexity index is 221. The van der Waals surface area contributed by atoms with E-state index in [0.717, 1.165) is 0 Å². The molecule has 0 spiro atoms. The second-order valence-corrected chi connectivity index (χ2v) is 3.50. The Morgan fingerprint density at radius 1 is 1.57 bits per heavy atom. The molecule has 0 aromatic rings. The average molecular weight is 198 g/mol. The summed E-state index contributed by atoms with van der Waals surface area (Å²) < 4.78 is 0. The maximum absolute atomic E-state index is 10.9. The molecule has 4 nitrogen and oxygen atoms in total. The highest BCUT2D eigenvalue weighted by Crippen LogP contribution is 2.10. The minimum atomic E-state index is -0.806. The van der Waals surface area contributed by atoms with Gasteiger partial charge in [0.05, 0.1) is 6.07 Å². The summed E-state index contributed by atoms with van der Waals surface area (Å²) in [5.41, 5.74) is 0. The van der Waals surface area contributed by atoms with Crippen LogP contribution in [0.25, 0.3) is 0 Å². The van der Waals surface area contributed by atoms with Gasteiger partial charge in [-0.2, -0.15) is 5.26 Å². The van der Waals surface area contributed by atoms with Crippen molar-refractivity contribution in [2.75, 3.05) is 6.54 Å². The highest BCUT2D eigenvalue weighted by atomic mass is 16.4. The lowest BCUT2D eigenvalue weighted by atomic mass is 10.1. The third-order valence-electron chi connectivity index (χ3n) is 2.22. The Kier molecular flexibility index (Phi) is 5.89. The molecule has 1 unspecified atom stereocenters. The molecule has 0 saturated heterocycles. The molecule has 0 aromatic carbocycles. The van der Waals surface area contributed by atoms with E-state index in [1.165, 1.54) is 0 Å². The summed E-state index contributed by atoms with van der Waals surface area (Å²) in [5.74, 6) is -0.806. The van der Waals surface area contributed by atoms with E-state index in [-0.39, 0.29) is 6.04 Å². The maximum Gasteiger partial charge on any atom is 0.320 e. The van der Waals surface area contributed by atoms with Crippen LogP contribution in [0.15, 0.2) is 0 Å². The summed E-state index contributed by atoms with van der Waals surface area (Å²) in [5, 5.41) is 17.4. The quantitative estimate of drug-likeness (QED) is 0.702. The van der Waals surface area contributed by atoms with Crippen molar-refractivity contribution in [3.63, 3.8) is 0 Å². The topological polar surface area (TPSA) is 64.3 Å². The third kappa shape index (κ3) is 3.75. The van der Waals surface area contributed by atoms with E-state index in [4.69, 9.17) is 10.4 Å². The molecule has 1 N–H and O–H groups in total. The SMILES string of the molecule is CCC(C(=O)O)N(CCC#N)C(C)C. The average Bonchev–Trinajstić information content (AvgIpc) is 2.10. The van der Waals surface area contributed by atoms with E-state index in [9.17, 15) is 4.79 Å². The Balaban J connectivity index is 4.45. The summed E-state index contributed by atoms with van der Waals surface area (Å²) in [7, 11) is 0. The smallest absolute Gasteiger partial charge is 0.320 e. The second kappa shape index (κ2) is 6.39. The van der Waals surface area contributed by atoms with Gasteiger partial charge in [-0.05, 0) is 20.3 Å². The molecule has 4 heteroatoms. The van der Waals surface area contributed by atoms with Crippen LogP contribution in [0.3, 0.4) is 0 Å². The molecule has 0 rings (SSSR count). The molecule has 1 atom stereocenters. The number of carbonyl (C=O) groups is 1. The minimum absolute atomic E-state index is 0.157. The molecule has 80 valence electrons. The Morgan fingerprint density at radius 2 is 2.14 bits per heavy atom. The number of nitriles is 1. The van der Waals surface area contributed by atoms with Crippen LogP contribution in [0, 0.1) is 11.3 Å². The van der Waals surface area contributed by atoms with Gasteiger partial charge in [0.15, 0.2) is 0 Å². The number of nitrogens with zero attached hydrogens (tertiary/aromatic N) is 2. The normalized spacial score (nSPS) is 12.9. The second-order valence-electron chi connectivity index (χ2n) is 3.50. The number of aliphatic carboxylic acids is 1. The first-order valence-corrected chi connectivity index (χ1v) is 4.90. The summed E-state index contributed by atoms with van der Waals surface area (Å²) in [6.07, 6.45) is 0.945. The molecule has 0 aliphatic carbocycles. The standard InChI is InChI=1S/C10H18N2O2/c1-4-9(10(13)14)12(8(2)3)7-5-6-11/h8-9H,4-5,7H2,1-3H3,(H,13,14). The van der Waals surface area contributed by atoms with E-state index in [1.807, 2.05) is 31.7 Å². The van der Waals surface area contributed by atoms with Gasteiger partial charge >= 0.3 is 5.97 Å². The predicted molar refractivity (Wildman–Crippen MR) is 53.8 cm³/mol. The zero-order valence-corrected chi connectivity index (χ0v) is 9.03. The summed E-state index contributed by atoms with van der Waals surface area (Å²) in [6, 6.07) is 1.72. The van der Waals surface area contributed by atoms with Crippen molar-refractivity contribution in [3.8, 4) is 6.07 Å². The first kappa shape index (κ1) is 12.9. The minimum Gasteiger partial charge on any atom is -0.480 e. The summed E-state index contributed by atoms with van der Waals surface area (Å²) >= 11 is 0. The first-order chi connectivity index (χ1) is 6.54. The van der Waals surface area contributed by atoms with E-state index < -0.39 is 12.0 Å². The lowest BCUT2D eigenvalue weighted by Gasteiger charge is -2.30. The van der Waals surface area contributed by atoms with Crippen molar-refractivity contribution in [2.45, 2.75) is 45.7 Å². The number of carboxylic acid groups (broad SMARTS) is 1. The van der Waals surface area contributed by atoms with Crippen LogP contribution in [-0.2, 0) is 4.79 Å². The fraction of sp³-hybridized carbons (Fsp3) is 0.800. The van der Waals surface area contributed by atoms with Crippen LogP contribution >= 0.6 is 0 Å². The lowest BCUT2D eigenvalue weighted by Crippen LogP contribution is -2.45. The Morgan fingerprint density at radius 3 is 2.43 bits per heavy atom. The molecule has 14 heavy (non-hydrogen) atoms. The van der Waals surface area contributed by atoms with Gasteiger partial charge in [0.25, 0.3) is 0 Å². The van der Waals surface area contributed by atoms with Crippen molar-refractivity contribution < 1.29 is 9.90 Å². The monoisotopic (exact) mass is 198 g/mol. The lowest BCUT2D eigenvalue weighted by molar-refractivity contribution is -0.144. The summed E-state index contributed by atoms with van der Waals surface area (Å²) in [4.78, 5) is 12.8. The van der Waals surface area contributed by atoms with Gasteiger partial charge in [-0.25, -0.2) is 0 Å².